The highest BCUT2D eigenvalue weighted by Crippen LogP contribution is 2.52. The van der Waals surface area contributed by atoms with Crippen LogP contribution in [0.3, 0.4) is 0 Å². The molecule has 33 heavy (non-hydrogen) atoms. The molecule has 4 rings (SSSR count). The first-order chi connectivity index (χ1) is 15.7. The highest BCUT2D eigenvalue weighted by Gasteiger charge is 2.53. The Morgan fingerprint density at radius 3 is 2.30 bits per heavy atom. The van der Waals surface area contributed by atoms with Crippen molar-refractivity contribution in [1.82, 2.24) is 10.3 Å². The van der Waals surface area contributed by atoms with E-state index in [1.54, 1.807) is 24.3 Å². The van der Waals surface area contributed by atoms with Gasteiger partial charge < -0.3 is 20.5 Å². The molecule has 1 spiro atoms. The second-order valence-electron chi connectivity index (χ2n) is 7.83. The van der Waals surface area contributed by atoms with Gasteiger partial charge in [0.05, 0.1) is 37.5 Å². The summed E-state index contributed by atoms with van der Waals surface area (Å²) in [6.45, 7) is 0. The van der Waals surface area contributed by atoms with E-state index < -0.39 is 23.3 Å². The van der Waals surface area contributed by atoms with Crippen LogP contribution >= 0.6 is 39.1 Å². The number of allylic oxidation sites excluding steroid dienone is 4. The molecule has 1 aromatic carbocycles. The molecule has 170 valence electrons. The number of carboxylic acid groups (broad SMARTS) is 1. The van der Waals surface area contributed by atoms with Gasteiger partial charge in [-0.3, -0.25) is 14.6 Å². The van der Waals surface area contributed by atoms with Crippen molar-refractivity contribution in [2.24, 2.45) is 5.41 Å². The summed E-state index contributed by atoms with van der Waals surface area (Å²) in [7, 11) is 0. The number of pyridine rings is 1. The number of carboxylic acids is 1. The van der Waals surface area contributed by atoms with E-state index in [-0.39, 0.29) is 27.8 Å². The Labute approximate surface area is 208 Å². The van der Waals surface area contributed by atoms with Gasteiger partial charge in [0.15, 0.2) is 5.78 Å². The van der Waals surface area contributed by atoms with Crippen LogP contribution in [0.15, 0.2) is 59.0 Å². The average molecular weight is 550 g/mol. The fraction of sp³-hybridized carbons (Fsp3) is 0.217. The molecular formula is C23H17BrCl2N3O4-. The lowest BCUT2D eigenvalue weighted by Crippen LogP contribution is -2.54. The fourth-order valence-corrected chi connectivity index (χ4v) is 5.39. The van der Waals surface area contributed by atoms with Gasteiger partial charge in [0.2, 0.25) is 0 Å². The van der Waals surface area contributed by atoms with Crippen LogP contribution in [-0.2, 0) is 16.0 Å². The van der Waals surface area contributed by atoms with E-state index in [0.29, 0.717) is 34.3 Å². The number of benzene rings is 1. The van der Waals surface area contributed by atoms with E-state index in [1.807, 2.05) is 12.2 Å². The third kappa shape index (κ3) is 4.43. The van der Waals surface area contributed by atoms with E-state index in [9.17, 15) is 19.5 Å². The molecule has 7 nitrogen and oxygen atoms in total. The van der Waals surface area contributed by atoms with Gasteiger partial charge in [0.25, 0.3) is 5.91 Å². The van der Waals surface area contributed by atoms with Crippen molar-refractivity contribution in [3.05, 3.63) is 80.2 Å². The summed E-state index contributed by atoms with van der Waals surface area (Å²) in [6, 6.07) is 5.66. The number of ketones is 1. The highest BCUT2D eigenvalue weighted by atomic mass is 79.9. The molecule has 1 atom stereocenters. The monoisotopic (exact) mass is 548 g/mol. The van der Waals surface area contributed by atoms with Crippen molar-refractivity contribution >= 4 is 62.5 Å². The number of carbonyl (C=O) groups excluding carboxylic acids is 3. The van der Waals surface area contributed by atoms with Crippen LogP contribution < -0.4 is 15.7 Å². The largest absolute Gasteiger partial charge is 0.548 e. The molecule has 0 saturated heterocycles. The Balaban J connectivity index is 1.44. The summed E-state index contributed by atoms with van der Waals surface area (Å²) in [5, 5.41) is 17.8. The number of amides is 1. The van der Waals surface area contributed by atoms with Crippen LogP contribution in [0.5, 0.6) is 0 Å². The molecule has 0 aliphatic heterocycles. The number of rotatable bonds is 7. The second kappa shape index (κ2) is 9.29. The number of hydrogen-bond acceptors (Lipinski definition) is 6. The number of aliphatic carboxylic acids is 1. The van der Waals surface area contributed by atoms with Gasteiger partial charge in [-0.25, -0.2) is 0 Å². The normalized spacial score (nSPS) is 17.1. The summed E-state index contributed by atoms with van der Waals surface area (Å²) in [6.07, 6.45) is 7.71. The van der Waals surface area contributed by atoms with E-state index >= 15 is 0 Å². The number of carbonyl (C=O) groups is 3. The summed E-state index contributed by atoms with van der Waals surface area (Å²) >= 11 is 15.3. The minimum absolute atomic E-state index is 0.0263. The van der Waals surface area contributed by atoms with Crippen LogP contribution in [0.1, 0.15) is 28.8 Å². The number of nitrogens with one attached hydrogen (secondary N) is 2. The lowest BCUT2D eigenvalue weighted by Gasteiger charge is -2.42. The zero-order valence-electron chi connectivity index (χ0n) is 17.0. The number of halogens is 3. The lowest BCUT2D eigenvalue weighted by atomic mass is 9.69. The molecule has 2 aliphatic rings. The summed E-state index contributed by atoms with van der Waals surface area (Å²) < 4.78 is 0.379. The molecule has 0 radical (unpaired) electrons. The third-order valence-electron chi connectivity index (χ3n) is 5.77. The number of Topliss-reactive ketones (excluding diaryl/α,β-unsaturated/α-hetero) is 1. The predicted molar refractivity (Wildman–Crippen MR) is 126 cm³/mol. The molecule has 2 N–H and O–H groups in total. The smallest absolute Gasteiger partial charge is 0.258 e. The molecule has 2 aromatic rings. The Kier molecular flexibility index (Phi) is 6.61. The minimum Gasteiger partial charge on any atom is -0.548 e. The van der Waals surface area contributed by atoms with Crippen LogP contribution in [0, 0.1) is 5.41 Å². The van der Waals surface area contributed by atoms with E-state index in [1.165, 1.54) is 12.4 Å². The molecule has 0 unspecified atom stereocenters. The summed E-state index contributed by atoms with van der Waals surface area (Å²) in [5.74, 6) is -1.79. The maximum atomic E-state index is 12.5. The Hall–Kier alpha value is -2.68. The van der Waals surface area contributed by atoms with E-state index in [0.717, 1.165) is 0 Å². The number of nitrogens with zero attached hydrogens (tertiary/aromatic N) is 1. The average Bonchev–Trinajstić information content (AvgIpc) is 3.29. The summed E-state index contributed by atoms with van der Waals surface area (Å²) in [5.41, 5.74) is 1.20. The second-order valence-corrected chi connectivity index (χ2v) is 9.44. The third-order valence-corrected chi connectivity index (χ3v) is 7.10. The number of anilines is 1. The summed E-state index contributed by atoms with van der Waals surface area (Å²) in [4.78, 5) is 40.5. The van der Waals surface area contributed by atoms with Gasteiger partial charge in [0, 0.05) is 23.8 Å². The molecule has 0 fully saturated rings. The zero-order chi connectivity index (χ0) is 23.8. The fourth-order valence-electron chi connectivity index (χ4n) is 3.98. The van der Waals surface area contributed by atoms with Crippen molar-refractivity contribution in [2.45, 2.75) is 25.3 Å². The SMILES string of the molecule is O=C(Nc1ccc(C[C@H](NC2=C(Br)C(=O)C23CC=CC3)C(=O)[O-])cc1)c1c(Cl)cncc1Cl. The first-order valence-electron chi connectivity index (χ1n) is 9.99. The van der Waals surface area contributed by atoms with Gasteiger partial charge in [-0.15, -0.1) is 0 Å². The maximum Gasteiger partial charge on any atom is 0.258 e. The molecule has 0 bridgehead atoms. The van der Waals surface area contributed by atoms with Crippen LogP contribution in [0.2, 0.25) is 10.0 Å². The van der Waals surface area contributed by atoms with Crippen molar-refractivity contribution in [3.63, 3.8) is 0 Å². The van der Waals surface area contributed by atoms with Gasteiger partial charge in [0.1, 0.15) is 0 Å². The first-order valence-corrected chi connectivity index (χ1v) is 11.5. The van der Waals surface area contributed by atoms with Gasteiger partial charge >= 0.3 is 0 Å². The Morgan fingerprint density at radius 1 is 1.12 bits per heavy atom. The zero-order valence-corrected chi connectivity index (χ0v) is 20.1. The molecule has 2 aliphatic carbocycles. The van der Waals surface area contributed by atoms with Gasteiger partial charge in [-0.1, -0.05) is 47.5 Å². The quantitative estimate of drug-likeness (QED) is 0.512. The van der Waals surface area contributed by atoms with Gasteiger partial charge in [-0.2, -0.15) is 0 Å². The van der Waals surface area contributed by atoms with Crippen LogP contribution in [0.25, 0.3) is 0 Å². The Morgan fingerprint density at radius 2 is 1.73 bits per heavy atom. The number of aromatic nitrogens is 1. The lowest BCUT2D eigenvalue weighted by molar-refractivity contribution is -0.308. The topological polar surface area (TPSA) is 111 Å². The molecular weight excluding hydrogens is 533 g/mol. The minimum atomic E-state index is -1.28. The van der Waals surface area contributed by atoms with E-state index in [4.69, 9.17) is 23.2 Å². The first kappa shape index (κ1) is 23.5. The molecule has 1 aromatic heterocycles. The molecule has 1 heterocycles. The van der Waals surface area contributed by atoms with Crippen molar-refractivity contribution in [3.8, 4) is 0 Å². The van der Waals surface area contributed by atoms with Crippen LogP contribution in [-0.4, -0.2) is 28.7 Å². The molecule has 1 amide bonds. The van der Waals surface area contributed by atoms with Crippen LogP contribution in [0.4, 0.5) is 5.69 Å². The van der Waals surface area contributed by atoms with Crippen molar-refractivity contribution in [2.75, 3.05) is 5.32 Å². The van der Waals surface area contributed by atoms with Crippen molar-refractivity contribution < 1.29 is 19.5 Å². The van der Waals surface area contributed by atoms with E-state index in [2.05, 4.69) is 31.5 Å². The highest BCUT2D eigenvalue weighted by molar-refractivity contribution is 9.12. The number of hydrogen-bond donors (Lipinski definition) is 2. The van der Waals surface area contributed by atoms with Gasteiger partial charge in [-0.05, 0) is 52.9 Å². The molecule has 0 saturated carbocycles. The predicted octanol–water partition coefficient (Wildman–Crippen LogP) is 3.42. The maximum absolute atomic E-state index is 12.5. The standard InChI is InChI=1S/C23H18BrCl2N3O4/c24-18-19(23(20(18)30)7-1-2-8-23)29-16(22(32)33)9-12-3-5-13(6-4-12)28-21(31)17-14(25)10-27-11-15(17)26/h1-6,10-11,16,29H,7-9H2,(H,28,31)(H,32,33)/p-1/t16-/m0/s1. The molecule has 10 heteroatoms. The Bertz CT molecular complexity index is 1180. The van der Waals surface area contributed by atoms with Crippen molar-refractivity contribution in [1.29, 1.82) is 0 Å².